The minimum atomic E-state index is -4.44. The van der Waals surface area contributed by atoms with Crippen LogP contribution >= 0.6 is 0 Å². The topological polar surface area (TPSA) is 97.4 Å². The maximum atomic E-state index is 13.0. The summed E-state index contributed by atoms with van der Waals surface area (Å²) in [5.74, 6) is -0.304. The number of benzene rings is 3. The zero-order chi connectivity index (χ0) is 25.8. The molecule has 0 saturated carbocycles. The van der Waals surface area contributed by atoms with Crippen molar-refractivity contribution in [2.24, 2.45) is 10.7 Å². The van der Waals surface area contributed by atoms with E-state index in [9.17, 15) is 21.6 Å². The zero-order valence-electron chi connectivity index (χ0n) is 18.8. The Hall–Kier alpha value is -4.18. The number of hydrogen-bond donors (Lipinski definition) is 2. The molecule has 4 rings (SSSR count). The number of nitrogens with two attached hydrogens (primary N) is 1. The van der Waals surface area contributed by atoms with Crippen LogP contribution in [-0.2, 0) is 22.7 Å². The molecule has 0 fully saturated rings. The van der Waals surface area contributed by atoms with Crippen LogP contribution in [0.2, 0.25) is 0 Å². The van der Waals surface area contributed by atoms with Crippen molar-refractivity contribution in [3.8, 4) is 22.4 Å². The molecule has 0 bridgehead atoms. The van der Waals surface area contributed by atoms with Gasteiger partial charge in [0.25, 0.3) is 10.0 Å². The van der Waals surface area contributed by atoms with Crippen molar-refractivity contribution in [3.63, 3.8) is 0 Å². The second kappa shape index (κ2) is 10.2. The molecule has 3 N–H and O–H groups in total. The van der Waals surface area contributed by atoms with E-state index in [2.05, 4.69) is 14.7 Å². The van der Waals surface area contributed by atoms with E-state index in [1.54, 1.807) is 30.5 Å². The molecule has 0 aliphatic rings. The van der Waals surface area contributed by atoms with Gasteiger partial charge in [-0.2, -0.15) is 13.2 Å². The van der Waals surface area contributed by atoms with Gasteiger partial charge in [0.2, 0.25) is 5.96 Å². The van der Waals surface area contributed by atoms with Crippen LogP contribution in [0.3, 0.4) is 0 Å². The first-order chi connectivity index (χ1) is 17.1. The van der Waals surface area contributed by atoms with Crippen LogP contribution < -0.4 is 10.5 Å². The summed E-state index contributed by atoms with van der Waals surface area (Å²) in [6.45, 7) is -0.00114. The maximum Gasteiger partial charge on any atom is 0.416 e. The van der Waals surface area contributed by atoms with E-state index in [1.165, 1.54) is 24.3 Å². The van der Waals surface area contributed by atoms with Crippen molar-refractivity contribution in [3.05, 3.63) is 108 Å². The summed E-state index contributed by atoms with van der Waals surface area (Å²) in [7, 11) is -3.89. The summed E-state index contributed by atoms with van der Waals surface area (Å²) in [5, 5.41) is 0. The molecule has 0 spiro atoms. The van der Waals surface area contributed by atoms with Gasteiger partial charge in [0.05, 0.1) is 22.7 Å². The van der Waals surface area contributed by atoms with Crippen LogP contribution in [0.5, 0.6) is 0 Å². The first kappa shape index (κ1) is 24.9. The van der Waals surface area contributed by atoms with E-state index in [1.807, 2.05) is 30.3 Å². The average Bonchev–Trinajstić information content (AvgIpc) is 2.88. The predicted octanol–water partition coefficient (Wildman–Crippen LogP) is 5.23. The van der Waals surface area contributed by atoms with E-state index < -0.39 is 21.8 Å². The fourth-order valence-electron chi connectivity index (χ4n) is 3.48. The molecule has 0 atom stereocenters. The number of guanidine groups is 1. The third-order valence-corrected chi connectivity index (χ3v) is 6.61. The fourth-order valence-corrected chi connectivity index (χ4v) is 4.46. The maximum absolute atomic E-state index is 13.0. The Morgan fingerprint density at radius 2 is 1.50 bits per heavy atom. The third kappa shape index (κ3) is 5.89. The predicted molar refractivity (Wildman–Crippen MR) is 132 cm³/mol. The van der Waals surface area contributed by atoms with Crippen molar-refractivity contribution in [1.29, 1.82) is 0 Å². The van der Waals surface area contributed by atoms with Gasteiger partial charge in [0.15, 0.2) is 0 Å². The Kier molecular flexibility index (Phi) is 7.07. The monoisotopic (exact) mass is 510 g/mol. The highest BCUT2D eigenvalue weighted by Crippen LogP contribution is 2.34. The molecule has 6 nitrogen and oxygen atoms in total. The summed E-state index contributed by atoms with van der Waals surface area (Å²) < 4.78 is 66.2. The summed E-state index contributed by atoms with van der Waals surface area (Å²) >= 11 is 0. The number of rotatable bonds is 6. The first-order valence-electron chi connectivity index (χ1n) is 10.7. The highest BCUT2D eigenvalue weighted by Gasteiger charge is 2.30. The number of alkyl halides is 3. The zero-order valence-corrected chi connectivity index (χ0v) is 19.6. The van der Waals surface area contributed by atoms with Gasteiger partial charge in [-0.25, -0.2) is 18.1 Å². The highest BCUT2D eigenvalue weighted by molar-refractivity contribution is 7.90. The first-order valence-corrected chi connectivity index (χ1v) is 12.2. The molecule has 0 aliphatic heterocycles. The van der Waals surface area contributed by atoms with E-state index in [4.69, 9.17) is 5.73 Å². The molecule has 0 aliphatic carbocycles. The van der Waals surface area contributed by atoms with Crippen molar-refractivity contribution in [1.82, 2.24) is 9.71 Å². The molecule has 36 heavy (non-hydrogen) atoms. The van der Waals surface area contributed by atoms with Crippen molar-refractivity contribution in [2.45, 2.75) is 17.6 Å². The number of pyridine rings is 1. The van der Waals surface area contributed by atoms with Gasteiger partial charge in [0, 0.05) is 17.3 Å². The Balaban J connectivity index is 1.64. The van der Waals surface area contributed by atoms with Gasteiger partial charge in [-0.05, 0) is 41.5 Å². The Bertz CT molecular complexity index is 1470. The Morgan fingerprint density at radius 1 is 0.889 bits per heavy atom. The van der Waals surface area contributed by atoms with E-state index in [-0.39, 0.29) is 17.4 Å². The second-order valence-corrected chi connectivity index (χ2v) is 9.48. The smallest absolute Gasteiger partial charge is 0.369 e. The number of nitrogens with one attached hydrogen (secondary N) is 1. The fraction of sp³-hybridized carbons (Fsp3) is 0.0769. The second-order valence-electron chi connectivity index (χ2n) is 7.80. The standard InChI is InChI=1S/C26H21F3N4O2S/c27-26(28,29)21-13-11-19(12-14-21)23-15-18(16-31-24(23)20-7-3-1-4-8-20)17-32-25(30)33-36(34,35)22-9-5-2-6-10-22/h1-16H,17H2,(H3,30,32,33). The van der Waals surface area contributed by atoms with Crippen LogP contribution in [0.1, 0.15) is 11.1 Å². The van der Waals surface area contributed by atoms with Crippen LogP contribution in [-0.4, -0.2) is 19.4 Å². The molecule has 0 amide bonds. The van der Waals surface area contributed by atoms with Crippen molar-refractivity contribution >= 4 is 16.0 Å². The molecular formula is C26H21F3N4O2S. The molecular weight excluding hydrogens is 489 g/mol. The normalized spacial score (nSPS) is 12.4. The van der Waals surface area contributed by atoms with Gasteiger partial charge in [-0.1, -0.05) is 60.7 Å². The number of hydrogen-bond acceptors (Lipinski definition) is 4. The SMILES string of the molecule is NC(=NCc1cnc(-c2ccccc2)c(-c2ccc(C(F)(F)F)cc2)c1)NS(=O)(=O)c1ccccc1. The van der Waals surface area contributed by atoms with E-state index in [0.29, 0.717) is 22.4 Å². The van der Waals surface area contributed by atoms with Gasteiger partial charge in [-0.3, -0.25) is 4.98 Å². The van der Waals surface area contributed by atoms with Gasteiger partial charge in [0.1, 0.15) is 0 Å². The summed E-state index contributed by atoms with van der Waals surface area (Å²) in [4.78, 5) is 8.67. The lowest BCUT2D eigenvalue weighted by Gasteiger charge is -2.13. The third-order valence-electron chi connectivity index (χ3n) is 5.24. The lowest BCUT2D eigenvalue weighted by atomic mass is 9.97. The molecule has 184 valence electrons. The van der Waals surface area contributed by atoms with Crippen LogP contribution in [0, 0.1) is 0 Å². The minimum absolute atomic E-state index is 0.00114. The van der Waals surface area contributed by atoms with Crippen LogP contribution in [0.15, 0.2) is 107 Å². The number of aliphatic imine (C=N–C) groups is 1. The van der Waals surface area contributed by atoms with Crippen LogP contribution in [0.4, 0.5) is 13.2 Å². The van der Waals surface area contributed by atoms with Crippen molar-refractivity contribution < 1.29 is 21.6 Å². The largest absolute Gasteiger partial charge is 0.416 e. The number of aromatic nitrogens is 1. The number of nitrogens with zero attached hydrogens (tertiary/aromatic N) is 2. The van der Waals surface area contributed by atoms with E-state index >= 15 is 0 Å². The molecule has 10 heteroatoms. The molecule has 4 aromatic rings. The Labute approximate surface area is 206 Å². The lowest BCUT2D eigenvalue weighted by molar-refractivity contribution is -0.137. The number of halogens is 3. The quantitative estimate of drug-likeness (QED) is 0.274. The molecule has 1 aromatic heterocycles. The average molecular weight is 511 g/mol. The van der Waals surface area contributed by atoms with Gasteiger partial charge >= 0.3 is 6.18 Å². The van der Waals surface area contributed by atoms with Gasteiger partial charge < -0.3 is 5.73 Å². The van der Waals surface area contributed by atoms with Crippen LogP contribution in [0.25, 0.3) is 22.4 Å². The van der Waals surface area contributed by atoms with Gasteiger partial charge in [-0.15, -0.1) is 0 Å². The Morgan fingerprint density at radius 3 is 2.11 bits per heavy atom. The summed E-state index contributed by atoms with van der Waals surface area (Å²) in [6, 6.07) is 23.5. The van der Waals surface area contributed by atoms with Crippen molar-refractivity contribution in [2.75, 3.05) is 0 Å². The molecule has 0 saturated heterocycles. The lowest BCUT2D eigenvalue weighted by Crippen LogP contribution is -2.36. The summed E-state index contributed by atoms with van der Waals surface area (Å²) in [6.07, 6.45) is -2.88. The molecule has 0 unspecified atom stereocenters. The number of sulfonamides is 1. The van der Waals surface area contributed by atoms with E-state index in [0.717, 1.165) is 17.7 Å². The summed E-state index contributed by atoms with van der Waals surface area (Å²) in [5.41, 5.74) is 8.16. The minimum Gasteiger partial charge on any atom is -0.369 e. The molecule has 3 aromatic carbocycles. The molecule has 0 radical (unpaired) electrons. The highest BCUT2D eigenvalue weighted by atomic mass is 32.2. The molecule has 1 heterocycles.